The summed E-state index contributed by atoms with van der Waals surface area (Å²) in [5.41, 5.74) is 2.56. The number of benzene rings is 1. The summed E-state index contributed by atoms with van der Waals surface area (Å²) in [7, 11) is 5.35. The van der Waals surface area contributed by atoms with E-state index in [1.165, 1.54) is 4.57 Å². The van der Waals surface area contributed by atoms with Crippen molar-refractivity contribution in [2.45, 2.75) is 6.54 Å². The van der Waals surface area contributed by atoms with Crippen molar-refractivity contribution in [3.05, 3.63) is 34.3 Å². The summed E-state index contributed by atoms with van der Waals surface area (Å²) in [5.74, 6) is -0.331. The molecule has 0 amide bonds. The van der Waals surface area contributed by atoms with Gasteiger partial charge in [-0.25, -0.2) is 4.79 Å². The van der Waals surface area contributed by atoms with Crippen molar-refractivity contribution in [1.82, 2.24) is 9.47 Å². The molecule has 0 radical (unpaired) electrons. The van der Waals surface area contributed by atoms with Crippen LogP contribution in [0.15, 0.2) is 27.4 Å². The fraction of sp³-hybridized carbons (Fsp3) is 0.417. The van der Waals surface area contributed by atoms with Gasteiger partial charge in [0.25, 0.3) is 0 Å². The molecule has 5 nitrogen and oxygen atoms in total. The lowest BCUT2D eigenvalue weighted by Gasteiger charge is -2.15. The van der Waals surface area contributed by atoms with E-state index in [-0.39, 0.29) is 5.76 Å². The van der Waals surface area contributed by atoms with Crippen LogP contribution in [0.5, 0.6) is 0 Å². The predicted molar refractivity (Wildman–Crippen MR) is 64.8 cm³/mol. The van der Waals surface area contributed by atoms with Crippen molar-refractivity contribution in [2.75, 3.05) is 20.9 Å². The van der Waals surface area contributed by atoms with Crippen LogP contribution in [0.25, 0.3) is 11.1 Å². The number of hydrogen-bond donors (Lipinski definition) is 0. The van der Waals surface area contributed by atoms with Crippen LogP contribution in [-0.4, -0.2) is 30.4 Å². The van der Waals surface area contributed by atoms with E-state index in [1.54, 1.807) is 14.2 Å². The summed E-state index contributed by atoms with van der Waals surface area (Å²) in [4.78, 5) is 13.4. The maximum absolute atomic E-state index is 11.3. The zero-order valence-corrected chi connectivity index (χ0v) is 10.3. The first-order valence-corrected chi connectivity index (χ1v) is 5.37. The molecule has 0 aliphatic carbocycles. The van der Waals surface area contributed by atoms with Crippen molar-refractivity contribution < 1.29 is 9.15 Å². The van der Waals surface area contributed by atoms with E-state index in [0.717, 1.165) is 17.6 Å². The zero-order chi connectivity index (χ0) is 12.4. The first kappa shape index (κ1) is 11.9. The van der Waals surface area contributed by atoms with Crippen LogP contribution >= 0.6 is 0 Å². The molecule has 0 N–H and O–H groups in total. The Balaban J connectivity index is 2.31. The maximum Gasteiger partial charge on any atom is 0.419 e. The molecule has 17 heavy (non-hydrogen) atoms. The van der Waals surface area contributed by atoms with Gasteiger partial charge >= 0.3 is 5.76 Å². The molecule has 5 heteroatoms. The number of ether oxygens (including phenoxy) is 1. The lowest BCUT2D eigenvalue weighted by atomic mass is 10.2. The van der Waals surface area contributed by atoms with E-state index in [1.807, 2.05) is 30.1 Å². The maximum atomic E-state index is 11.3. The van der Waals surface area contributed by atoms with E-state index in [9.17, 15) is 4.79 Å². The van der Waals surface area contributed by atoms with Gasteiger partial charge in [-0.2, -0.15) is 0 Å². The van der Waals surface area contributed by atoms with Crippen LogP contribution in [-0.2, 0) is 18.3 Å². The molecule has 0 fully saturated rings. The smallest absolute Gasteiger partial charge is 0.408 e. The Morgan fingerprint density at radius 2 is 2.24 bits per heavy atom. The largest absolute Gasteiger partial charge is 0.419 e. The Kier molecular flexibility index (Phi) is 3.31. The van der Waals surface area contributed by atoms with E-state index in [2.05, 4.69) is 0 Å². The highest BCUT2D eigenvalue weighted by Gasteiger charge is 2.07. The lowest BCUT2D eigenvalue weighted by Crippen LogP contribution is -2.20. The number of fused-ring (bicyclic) bond motifs is 1. The normalized spacial score (nSPS) is 11.5. The second-order valence-corrected chi connectivity index (χ2v) is 4.16. The molecule has 92 valence electrons. The quantitative estimate of drug-likeness (QED) is 0.748. The minimum Gasteiger partial charge on any atom is -0.408 e. The summed E-state index contributed by atoms with van der Waals surface area (Å²) in [5, 5.41) is 0. The molecule has 0 bridgehead atoms. The van der Waals surface area contributed by atoms with E-state index < -0.39 is 0 Å². The van der Waals surface area contributed by atoms with Crippen LogP contribution in [0.4, 0.5) is 0 Å². The molecule has 0 aliphatic rings. The van der Waals surface area contributed by atoms with Gasteiger partial charge < -0.3 is 9.15 Å². The van der Waals surface area contributed by atoms with Crippen LogP contribution in [0, 0.1) is 0 Å². The Hall–Kier alpha value is -1.59. The molecule has 1 aromatic heterocycles. The average Bonchev–Trinajstić information content (AvgIpc) is 2.56. The number of nitrogens with zero attached hydrogens (tertiary/aromatic N) is 2. The molecule has 2 aromatic rings. The van der Waals surface area contributed by atoms with Crippen molar-refractivity contribution >= 4 is 11.1 Å². The van der Waals surface area contributed by atoms with Gasteiger partial charge in [0.1, 0.15) is 0 Å². The standard InChI is InChI=1S/C12H16N2O3/c1-13(8-16-3)7-9-4-5-11-10(6-9)14(2)12(15)17-11/h4-6H,7-8H2,1-3H3. The van der Waals surface area contributed by atoms with Crippen LogP contribution in [0.3, 0.4) is 0 Å². The molecule has 0 atom stereocenters. The molecule has 1 aromatic carbocycles. The molecule has 0 unspecified atom stereocenters. The second-order valence-electron chi connectivity index (χ2n) is 4.16. The van der Waals surface area contributed by atoms with Gasteiger partial charge in [0, 0.05) is 20.7 Å². The Bertz CT molecular complexity index is 571. The fourth-order valence-corrected chi connectivity index (χ4v) is 1.85. The van der Waals surface area contributed by atoms with Crippen molar-refractivity contribution in [3.63, 3.8) is 0 Å². The van der Waals surface area contributed by atoms with E-state index in [0.29, 0.717) is 12.3 Å². The van der Waals surface area contributed by atoms with Crippen LogP contribution in [0.1, 0.15) is 5.56 Å². The third-order valence-corrected chi connectivity index (χ3v) is 2.66. The topological polar surface area (TPSA) is 47.6 Å². The highest BCUT2D eigenvalue weighted by Crippen LogP contribution is 2.15. The number of aryl methyl sites for hydroxylation is 1. The second kappa shape index (κ2) is 4.73. The Morgan fingerprint density at radius 3 is 2.94 bits per heavy atom. The Morgan fingerprint density at radius 1 is 1.47 bits per heavy atom. The number of rotatable bonds is 4. The number of hydrogen-bond acceptors (Lipinski definition) is 4. The lowest BCUT2D eigenvalue weighted by molar-refractivity contribution is 0.0772. The van der Waals surface area contributed by atoms with Gasteiger partial charge in [0.2, 0.25) is 0 Å². The van der Waals surface area contributed by atoms with E-state index >= 15 is 0 Å². The van der Waals surface area contributed by atoms with Gasteiger partial charge in [0.05, 0.1) is 12.2 Å². The Labute approximate surface area is 99.2 Å². The first-order valence-electron chi connectivity index (χ1n) is 5.37. The van der Waals surface area contributed by atoms with Gasteiger partial charge in [-0.05, 0) is 24.7 Å². The highest BCUT2D eigenvalue weighted by atomic mass is 16.5. The summed E-state index contributed by atoms with van der Waals surface area (Å²) in [6.45, 7) is 1.34. The first-order chi connectivity index (χ1) is 8.11. The molecule has 0 spiro atoms. The van der Waals surface area contributed by atoms with Crippen LogP contribution < -0.4 is 5.76 Å². The number of methoxy groups -OCH3 is 1. The van der Waals surface area contributed by atoms with Crippen molar-refractivity contribution in [3.8, 4) is 0 Å². The third kappa shape index (κ3) is 2.40. The van der Waals surface area contributed by atoms with Gasteiger partial charge in [0.15, 0.2) is 5.58 Å². The summed E-state index contributed by atoms with van der Waals surface area (Å²) < 4.78 is 11.6. The van der Waals surface area contributed by atoms with Gasteiger partial charge in [-0.3, -0.25) is 9.47 Å². The average molecular weight is 236 g/mol. The molecular weight excluding hydrogens is 220 g/mol. The monoisotopic (exact) mass is 236 g/mol. The predicted octanol–water partition coefficient (Wildman–Crippen LogP) is 1.17. The van der Waals surface area contributed by atoms with Gasteiger partial charge in [-0.15, -0.1) is 0 Å². The van der Waals surface area contributed by atoms with Gasteiger partial charge in [-0.1, -0.05) is 6.07 Å². The van der Waals surface area contributed by atoms with Crippen LogP contribution in [0.2, 0.25) is 0 Å². The van der Waals surface area contributed by atoms with Crippen molar-refractivity contribution in [1.29, 1.82) is 0 Å². The molecule has 1 heterocycles. The number of oxazole rings is 1. The summed E-state index contributed by atoms with van der Waals surface area (Å²) in [6, 6.07) is 5.75. The molecule has 2 rings (SSSR count). The minimum atomic E-state index is -0.331. The van der Waals surface area contributed by atoms with Crippen molar-refractivity contribution in [2.24, 2.45) is 7.05 Å². The third-order valence-electron chi connectivity index (χ3n) is 2.66. The SMILES string of the molecule is COCN(C)Cc1ccc2oc(=O)n(C)c2c1. The molecular formula is C12H16N2O3. The fourth-order valence-electron chi connectivity index (χ4n) is 1.85. The molecule has 0 saturated heterocycles. The number of aromatic nitrogens is 1. The van der Waals surface area contributed by atoms with E-state index in [4.69, 9.17) is 9.15 Å². The zero-order valence-electron chi connectivity index (χ0n) is 10.3. The molecule has 0 aliphatic heterocycles. The molecule has 0 saturated carbocycles. The summed E-state index contributed by atoms with van der Waals surface area (Å²) >= 11 is 0. The minimum absolute atomic E-state index is 0.331. The highest BCUT2D eigenvalue weighted by molar-refractivity contribution is 5.73. The summed E-state index contributed by atoms with van der Waals surface area (Å²) in [6.07, 6.45) is 0.